The zero-order valence-electron chi connectivity index (χ0n) is 20.0. The minimum Gasteiger partial charge on any atom is -0.496 e. The van der Waals surface area contributed by atoms with Gasteiger partial charge in [0.05, 0.1) is 19.1 Å². The molecule has 0 radical (unpaired) electrons. The number of carbonyl (C=O) groups is 3. The Morgan fingerprint density at radius 2 is 1.91 bits per heavy atom. The number of benzene rings is 2. The van der Waals surface area contributed by atoms with E-state index in [-0.39, 0.29) is 17.7 Å². The topological polar surface area (TPSA) is 79.0 Å². The van der Waals surface area contributed by atoms with Gasteiger partial charge < -0.3 is 19.9 Å². The molecule has 2 heterocycles. The van der Waals surface area contributed by atoms with Crippen LogP contribution in [0.5, 0.6) is 5.75 Å². The average Bonchev–Trinajstić information content (AvgIpc) is 3.29. The fourth-order valence-corrected chi connectivity index (χ4v) is 5.02. The van der Waals surface area contributed by atoms with Crippen molar-refractivity contribution in [2.45, 2.75) is 51.5 Å². The van der Waals surface area contributed by atoms with E-state index in [4.69, 9.17) is 4.74 Å². The van der Waals surface area contributed by atoms with Crippen LogP contribution in [-0.4, -0.2) is 42.8 Å². The van der Waals surface area contributed by atoms with Crippen LogP contribution < -0.4 is 15.0 Å². The molecule has 0 saturated carbocycles. The first-order chi connectivity index (χ1) is 16.5. The number of hydrogen-bond acceptors (Lipinski definition) is 4. The molecule has 0 aliphatic carbocycles. The van der Waals surface area contributed by atoms with Crippen LogP contribution in [0, 0.1) is 5.92 Å². The molecule has 180 valence electrons. The van der Waals surface area contributed by atoms with E-state index in [1.54, 1.807) is 12.0 Å². The van der Waals surface area contributed by atoms with Gasteiger partial charge in [-0.05, 0) is 43.5 Å². The van der Waals surface area contributed by atoms with Gasteiger partial charge >= 0.3 is 0 Å². The molecule has 0 spiro atoms. The molecule has 2 fully saturated rings. The molecule has 2 aromatic carbocycles. The Balaban J connectivity index is 1.62. The van der Waals surface area contributed by atoms with E-state index < -0.39 is 12.0 Å². The van der Waals surface area contributed by atoms with Crippen LogP contribution in [0.2, 0.25) is 0 Å². The number of methoxy groups -OCH3 is 1. The molecule has 34 heavy (non-hydrogen) atoms. The number of anilines is 2. The number of carbonyl (C=O) groups excluding carboxylic acids is 3. The number of para-hydroxylation sites is 1. The quantitative estimate of drug-likeness (QED) is 0.623. The summed E-state index contributed by atoms with van der Waals surface area (Å²) in [5, 5.41) is 3.06. The van der Waals surface area contributed by atoms with E-state index in [1.165, 1.54) is 0 Å². The first kappa shape index (κ1) is 23.8. The minimum atomic E-state index is -0.414. The van der Waals surface area contributed by atoms with E-state index in [0.717, 1.165) is 30.5 Å². The maximum atomic E-state index is 13.6. The van der Waals surface area contributed by atoms with Crippen molar-refractivity contribution in [1.29, 1.82) is 0 Å². The van der Waals surface area contributed by atoms with Gasteiger partial charge in [-0.3, -0.25) is 14.4 Å². The van der Waals surface area contributed by atoms with Gasteiger partial charge in [-0.2, -0.15) is 0 Å². The molecular formula is C27H33N3O4. The van der Waals surface area contributed by atoms with E-state index in [2.05, 4.69) is 12.2 Å². The van der Waals surface area contributed by atoms with Crippen LogP contribution in [0.25, 0.3) is 0 Å². The second-order valence-corrected chi connectivity index (χ2v) is 8.96. The molecule has 2 saturated heterocycles. The van der Waals surface area contributed by atoms with Gasteiger partial charge in [0.15, 0.2) is 0 Å². The Hall–Kier alpha value is -3.35. The second kappa shape index (κ2) is 10.7. The lowest BCUT2D eigenvalue weighted by Gasteiger charge is -2.41. The number of amides is 3. The molecule has 0 aromatic heterocycles. The number of unbranched alkanes of at least 4 members (excludes halogenated alkanes) is 1. The second-order valence-electron chi connectivity index (χ2n) is 8.96. The van der Waals surface area contributed by atoms with E-state index >= 15 is 0 Å². The Morgan fingerprint density at radius 3 is 2.65 bits per heavy atom. The Labute approximate surface area is 201 Å². The summed E-state index contributed by atoms with van der Waals surface area (Å²) in [6.45, 7) is 3.40. The van der Waals surface area contributed by atoms with Gasteiger partial charge in [0.2, 0.25) is 17.7 Å². The standard InChI is InChI=1S/C27H33N3O4/c1-3-4-16-30-25(32)15-14-22(26(30)21-11-5-6-12-23(21)34-2)27(33)28-19-9-7-10-20(18-19)29-17-8-13-24(29)31/h5-7,9-12,18,22,26H,3-4,8,13-17H2,1-2H3,(H,28,33). The number of piperidine rings is 1. The number of likely N-dealkylation sites (tertiary alicyclic amines) is 1. The van der Waals surface area contributed by atoms with Crippen molar-refractivity contribution >= 4 is 29.1 Å². The van der Waals surface area contributed by atoms with Gasteiger partial charge in [-0.1, -0.05) is 37.6 Å². The Kier molecular flexibility index (Phi) is 7.50. The maximum absolute atomic E-state index is 13.6. The van der Waals surface area contributed by atoms with Crippen LogP contribution in [0.15, 0.2) is 48.5 Å². The average molecular weight is 464 g/mol. The highest BCUT2D eigenvalue weighted by Gasteiger charge is 2.41. The maximum Gasteiger partial charge on any atom is 0.229 e. The Bertz CT molecular complexity index is 1050. The predicted octanol–water partition coefficient (Wildman–Crippen LogP) is 4.54. The van der Waals surface area contributed by atoms with Crippen LogP contribution in [0.1, 0.15) is 57.1 Å². The molecule has 2 aromatic rings. The molecule has 3 amide bonds. The number of nitrogens with zero attached hydrogens (tertiary/aromatic N) is 2. The summed E-state index contributed by atoms with van der Waals surface area (Å²) in [6, 6.07) is 14.7. The van der Waals surface area contributed by atoms with Gasteiger partial charge in [0, 0.05) is 42.9 Å². The van der Waals surface area contributed by atoms with Crippen LogP contribution in [0.4, 0.5) is 11.4 Å². The van der Waals surface area contributed by atoms with Crippen molar-refractivity contribution < 1.29 is 19.1 Å². The number of nitrogens with one attached hydrogen (secondary N) is 1. The first-order valence-corrected chi connectivity index (χ1v) is 12.2. The zero-order chi connectivity index (χ0) is 24.1. The molecule has 1 N–H and O–H groups in total. The van der Waals surface area contributed by atoms with Crippen LogP contribution in [0.3, 0.4) is 0 Å². The van der Waals surface area contributed by atoms with Crippen LogP contribution in [-0.2, 0) is 14.4 Å². The summed E-state index contributed by atoms with van der Waals surface area (Å²) in [5.41, 5.74) is 2.30. The Morgan fingerprint density at radius 1 is 1.09 bits per heavy atom. The molecular weight excluding hydrogens is 430 g/mol. The zero-order valence-corrected chi connectivity index (χ0v) is 20.0. The molecule has 2 aliphatic heterocycles. The smallest absolute Gasteiger partial charge is 0.229 e. The molecule has 4 rings (SSSR count). The lowest BCUT2D eigenvalue weighted by atomic mass is 9.83. The van der Waals surface area contributed by atoms with E-state index in [9.17, 15) is 14.4 Å². The summed E-state index contributed by atoms with van der Waals surface area (Å²) < 4.78 is 5.61. The van der Waals surface area contributed by atoms with Crippen LogP contribution >= 0.6 is 0 Å². The van der Waals surface area contributed by atoms with Crippen molar-refractivity contribution in [2.75, 3.05) is 30.4 Å². The summed E-state index contributed by atoms with van der Waals surface area (Å²) in [4.78, 5) is 42.3. The predicted molar refractivity (Wildman–Crippen MR) is 132 cm³/mol. The largest absolute Gasteiger partial charge is 0.496 e. The van der Waals surface area contributed by atoms with Gasteiger partial charge in [-0.25, -0.2) is 0 Å². The van der Waals surface area contributed by atoms with Crippen molar-refractivity contribution in [1.82, 2.24) is 4.90 Å². The fourth-order valence-electron chi connectivity index (χ4n) is 5.02. The minimum absolute atomic E-state index is 0.0722. The summed E-state index contributed by atoms with van der Waals surface area (Å²) in [5.74, 6) is 0.314. The highest BCUT2D eigenvalue weighted by Crippen LogP contribution is 2.41. The summed E-state index contributed by atoms with van der Waals surface area (Å²) in [7, 11) is 1.61. The highest BCUT2D eigenvalue weighted by atomic mass is 16.5. The SMILES string of the molecule is CCCCN1C(=O)CCC(C(=O)Nc2cccc(N3CCCC3=O)c2)C1c1ccccc1OC. The first-order valence-electron chi connectivity index (χ1n) is 12.2. The lowest BCUT2D eigenvalue weighted by Crippen LogP contribution is -2.47. The third kappa shape index (κ3) is 4.93. The molecule has 2 unspecified atom stereocenters. The van der Waals surface area contributed by atoms with E-state index in [1.807, 2.05) is 53.4 Å². The summed E-state index contributed by atoms with van der Waals surface area (Å²) in [6.07, 6.45) is 4.05. The third-order valence-electron chi connectivity index (χ3n) is 6.75. The normalized spacial score (nSPS) is 20.5. The molecule has 2 atom stereocenters. The monoisotopic (exact) mass is 463 g/mol. The van der Waals surface area contributed by atoms with Crippen molar-refractivity contribution in [2.24, 2.45) is 5.92 Å². The van der Waals surface area contributed by atoms with Gasteiger partial charge in [0.1, 0.15) is 5.75 Å². The highest BCUT2D eigenvalue weighted by molar-refractivity contribution is 5.98. The van der Waals surface area contributed by atoms with Gasteiger partial charge in [0.25, 0.3) is 0 Å². The van der Waals surface area contributed by atoms with E-state index in [0.29, 0.717) is 43.8 Å². The van der Waals surface area contributed by atoms with Crippen molar-refractivity contribution in [3.63, 3.8) is 0 Å². The fraction of sp³-hybridized carbons (Fsp3) is 0.444. The number of hydrogen-bond donors (Lipinski definition) is 1. The molecule has 7 heteroatoms. The number of rotatable bonds is 8. The van der Waals surface area contributed by atoms with Crippen molar-refractivity contribution in [3.05, 3.63) is 54.1 Å². The van der Waals surface area contributed by atoms with Gasteiger partial charge in [-0.15, -0.1) is 0 Å². The molecule has 7 nitrogen and oxygen atoms in total. The van der Waals surface area contributed by atoms with Crippen molar-refractivity contribution in [3.8, 4) is 5.75 Å². The number of ether oxygens (including phenoxy) is 1. The lowest BCUT2D eigenvalue weighted by molar-refractivity contribution is -0.142. The third-order valence-corrected chi connectivity index (χ3v) is 6.75. The molecule has 0 bridgehead atoms. The summed E-state index contributed by atoms with van der Waals surface area (Å²) >= 11 is 0. The molecule has 2 aliphatic rings.